The first kappa shape index (κ1) is 15.0. The van der Waals surface area contributed by atoms with Crippen molar-refractivity contribution in [2.45, 2.75) is 45.1 Å². The first-order chi connectivity index (χ1) is 9.17. The third-order valence-electron chi connectivity index (χ3n) is 4.40. The van der Waals surface area contributed by atoms with E-state index in [0.717, 1.165) is 23.9 Å². The van der Waals surface area contributed by atoms with Crippen LogP contribution in [0.4, 0.5) is 0 Å². The van der Waals surface area contributed by atoms with Crippen molar-refractivity contribution in [2.24, 2.45) is 5.41 Å². The van der Waals surface area contributed by atoms with Crippen LogP contribution in [0, 0.1) is 5.41 Å². The van der Waals surface area contributed by atoms with Crippen LogP contribution in [0.1, 0.15) is 50.6 Å². The molecule has 0 saturated heterocycles. The van der Waals surface area contributed by atoms with Crippen LogP contribution in [-0.2, 0) is 0 Å². The maximum absolute atomic E-state index is 9.73. The van der Waals surface area contributed by atoms with Gasteiger partial charge in [-0.2, -0.15) is 0 Å². The van der Waals surface area contributed by atoms with Crippen LogP contribution in [0.2, 0.25) is 0 Å². The summed E-state index contributed by atoms with van der Waals surface area (Å²) in [5, 5.41) is 13.3. The third kappa shape index (κ3) is 3.80. The molecule has 0 amide bonds. The van der Waals surface area contributed by atoms with Gasteiger partial charge in [0.1, 0.15) is 0 Å². The molecule has 0 radical (unpaired) electrons. The molecule has 0 bridgehead atoms. The van der Waals surface area contributed by atoms with Crippen molar-refractivity contribution >= 4 is 15.9 Å². The van der Waals surface area contributed by atoms with Crippen molar-refractivity contribution in [3.8, 4) is 0 Å². The fourth-order valence-electron chi connectivity index (χ4n) is 3.00. The fourth-order valence-corrected chi connectivity index (χ4v) is 3.63. The van der Waals surface area contributed by atoms with Crippen molar-refractivity contribution < 1.29 is 5.11 Å². The molecular weight excluding hydrogens is 302 g/mol. The number of nitrogens with one attached hydrogen (secondary N) is 1. The Morgan fingerprint density at radius 3 is 2.58 bits per heavy atom. The number of hydrogen-bond donors (Lipinski definition) is 2. The average Bonchev–Trinajstić information content (AvgIpc) is 2.46. The Bertz CT molecular complexity index is 401. The molecule has 2 N–H and O–H groups in total. The lowest BCUT2D eigenvalue weighted by Gasteiger charge is -2.37. The summed E-state index contributed by atoms with van der Waals surface area (Å²) in [5.41, 5.74) is 1.39. The summed E-state index contributed by atoms with van der Waals surface area (Å²) in [6.07, 6.45) is 6.14. The molecule has 1 fully saturated rings. The molecule has 106 valence electrons. The number of halogens is 1. The maximum Gasteiger partial charge on any atom is 0.0499 e. The summed E-state index contributed by atoms with van der Waals surface area (Å²) < 4.78 is 1.15. The number of hydrogen-bond acceptors (Lipinski definition) is 2. The van der Waals surface area contributed by atoms with E-state index in [-0.39, 0.29) is 5.41 Å². The highest BCUT2D eigenvalue weighted by Crippen LogP contribution is 2.36. The number of aliphatic hydroxyl groups excluding tert-OH is 1. The van der Waals surface area contributed by atoms with E-state index in [1.165, 1.54) is 24.8 Å². The van der Waals surface area contributed by atoms with Crippen LogP contribution >= 0.6 is 15.9 Å². The van der Waals surface area contributed by atoms with Gasteiger partial charge in [-0.3, -0.25) is 0 Å². The van der Waals surface area contributed by atoms with Crippen molar-refractivity contribution in [1.29, 1.82) is 0 Å². The Hall–Kier alpha value is -0.380. The molecule has 1 aromatic carbocycles. The largest absolute Gasteiger partial charge is 0.396 e. The van der Waals surface area contributed by atoms with Crippen molar-refractivity contribution in [2.75, 3.05) is 13.2 Å². The minimum absolute atomic E-state index is 0.105. The summed E-state index contributed by atoms with van der Waals surface area (Å²) in [7, 11) is 0. The summed E-state index contributed by atoms with van der Waals surface area (Å²) in [6.45, 7) is 3.41. The van der Waals surface area contributed by atoms with E-state index in [9.17, 15) is 5.11 Å². The lowest BCUT2D eigenvalue weighted by Crippen LogP contribution is -2.40. The molecule has 2 rings (SSSR count). The SMILES string of the molecule is CC(NCC1(CO)CCCCC1)c1ccccc1Br. The van der Waals surface area contributed by atoms with Gasteiger partial charge in [0.25, 0.3) is 0 Å². The van der Waals surface area contributed by atoms with Gasteiger partial charge in [0.05, 0.1) is 0 Å². The van der Waals surface area contributed by atoms with Crippen LogP contribution in [0.25, 0.3) is 0 Å². The standard InChI is InChI=1S/C16H24BrNO/c1-13(14-7-3-4-8-15(14)17)18-11-16(12-19)9-5-2-6-10-16/h3-4,7-8,13,18-19H,2,5-6,9-12H2,1H3. The van der Waals surface area contributed by atoms with E-state index in [2.05, 4.69) is 46.4 Å². The average molecular weight is 326 g/mol. The van der Waals surface area contributed by atoms with Gasteiger partial charge in [-0.15, -0.1) is 0 Å². The van der Waals surface area contributed by atoms with Crippen LogP contribution in [0.5, 0.6) is 0 Å². The minimum atomic E-state index is 0.105. The van der Waals surface area contributed by atoms with Crippen LogP contribution < -0.4 is 5.32 Å². The predicted octanol–water partition coefficient (Wildman–Crippen LogP) is 4.04. The number of aliphatic hydroxyl groups is 1. The Morgan fingerprint density at radius 1 is 1.26 bits per heavy atom. The molecule has 0 spiro atoms. The topological polar surface area (TPSA) is 32.3 Å². The van der Waals surface area contributed by atoms with Crippen molar-refractivity contribution in [3.63, 3.8) is 0 Å². The lowest BCUT2D eigenvalue weighted by molar-refractivity contribution is 0.0788. The second-order valence-corrected chi connectivity index (χ2v) is 6.70. The van der Waals surface area contributed by atoms with E-state index in [0.29, 0.717) is 12.6 Å². The van der Waals surface area contributed by atoms with Crippen LogP contribution in [0.3, 0.4) is 0 Å². The maximum atomic E-state index is 9.73. The van der Waals surface area contributed by atoms with Gasteiger partial charge < -0.3 is 10.4 Å². The Balaban J connectivity index is 1.95. The molecule has 1 aliphatic rings. The predicted molar refractivity (Wildman–Crippen MR) is 83.2 cm³/mol. The van der Waals surface area contributed by atoms with Gasteiger partial charge in [0.15, 0.2) is 0 Å². The van der Waals surface area contributed by atoms with Crippen molar-refractivity contribution in [3.05, 3.63) is 34.3 Å². The Labute approximate surface area is 124 Å². The quantitative estimate of drug-likeness (QED) is 0.856. The second kappa shape index (κ2) is 6.87. The van der Waals surface area contributed by atoms with Gasteiger partial charge >= 0.3 is 0 Å². The normalized spacial score (nSPS) is 20.2. The summed E-state index contributed by atoms with van der Waals surface area (Å²) in [5.74, 6) is 0. The van der Waals surface area contributed by atoms with Gasteiger partial charge in [-0.05, 0) is 31.4 Å². The molecule has 1 aromatic rings. The Morgan fingerprint density at radius 2 is 1.95 bits per heavy atom. The Kier molecular flexibility index (Phi) is 5.43. The monoisotopic (exact) mass is 325 g/mol. The second-order valence-electron chi connectivity index (χ2n) is 5.84. The zero-order valence-electron chi connectivity index (χ0n) is 11.7. The highest BCUT2D eigenvalue weighted by atomic mass is 79.9. The van der Waals surface area contributed by atoms with Gasteiger partial charge in [0, 0.05) is 29.1 Å². The van der Waals surface area contributed by atoms with E-state index in [4.69, 9.17) is 0 Å². The third-order valence-corrected chi connectivity index (χ3v) is 5.13. The van der Waals surface area contributed by atoms with E-state index in [1.807, 2.05) is 6.07 Å². The van der Waals surface area contributed by atoms with Gasteiger partial charge in [-0.1, -0.05) is 53.4 Å². The summed E-state index contributed by atoms with van der Waals surface area (Å²) >= 11 is 3.60. The molecule has 1 unspecified atom stereocenters. The first-order valence-corrected chi connectivity index (χ1v) is 8.05. The van der Waals surface area contributed by atoms with E-state index < -0.39 is 0 Å². The molecule has 2 nitrogen and oxygen atoms in total. The number of benzene rings is 1. The molecule has 1 saturated carbocycles. The molecule has 1 atom stereocenters. The summed E-state index contributed by atoms with van der Waals surface area (Å²) in [6, 6.07) is 8.64. The first-order valence-electron chi connectivity index (χ1n) is 7.26. The molecule has 0 aliphatic heterocycles. The highest BCUT2D eigenvalue weighted by Gasteiger charge is 2.31. The molecular formula is C16H24BrNO. The smallest absolute Gasteiger partial charge is 0.0499 e. The molecule has 3 heteroatoms. The minimum Gasteiger partial charge on any atom is -0.396 e. The lowest BCUT2D eigenvalue weighted by atomic mass is 9.74. The summed E-state index contributed by atoms with van der Waals surface area (Å²) in [4.78, 5) is 0. The van der Waals surface area contributed by atoms with E-state index >= 15 is 0 Å². The molecule has 0 heterocycles. The van der Waals surface area contributed by atoms with Crippen LogP contribution in [0.15, 0.2) is 28.7 Å². The van der Waals surface area contributed by atoms with Crippen LogP contribution in [-0.4, -0.2) is 18.3 Å². The zero-order chi connectivity index (χ0) is 13.7. The van der Waals surface area contributed by atoms with Gasteiger partial charge in [0.2, 0.25) is 0 Å². The van der Waals surface area contributed by atoms with E-state index in [1.54, 1.807) is 0 Å². The van der Waals surface area contributed by atoms with Gasteiger partial charge in [-0.25, -0.2) is 0 Å². The fraction of sp³-hybridized carbons (Fsp3) is 0.625. The number of rotatable bonds is 5. The van der Waals surface area contributed by atoms with Crippen molar-refractivity contribution in [1.82, 2.24) is 5.32 Å². The molecule has 0 aromatic heterocycles. The highest BCUT2D eigenvalue weighted by molar-refractivity contribution is 9.10. The zero-order valence-corrected chi connectivity index (χ0v) is 13.2. The molecule has 19 heavy (non-hydrogen) atoms. The molecule has 1 aliphatic carbocycles.